The first-order chi connectivity index (χ1) is 9.10. The molecule has 0 aliphatic carbocycles. The fraction of sp³-hybridized carbons (Fsp3) is 0.429. The quantitative estimate of drug-likeness (QED) is 0.914. The molecule has 0 saturated heterocycles. The van der Waals surface area contributed by atoms with Crippen LogP contribution in [0.3, 0.4) is 0 Å². The summed E-state index contributed by atoms with van der Waals surface area (Å²) in [5.74, 6) is 0.774. The van der Waals surface area contributed by atoms with Crippen molar-refractivity contribution in [2.24, 2.45) is 0 Å². The standard InChI is InChI=1S/C14H18N2O2S/c1-4-9(2)15-12(17)8-13-16-14(10(3)19-13)11-6-5-7-18-11/h5-7,9H,4,8H2,1-3H3,(H,15,17). The van der Waals surface area contributed by atoms with Crippen LogP contribution in [0.5, 0.6) is 0 Å². The van der Waals surface area contributed by atoms with Gasteiger partial charge in [0.1, 0.15) is 10.7 Å². The highest BCUT2D eigenvalue weighted by Crippen LogP contribution is 2.27. The van der Waals surface area contributed by atoms with E-state index in [9.17, 15) is 4.79 Å². The van der Waals surface area contributed by atoms with Crippen LogP contribution in [0.25, 0.3) is 11.5 Å². The van der Waals surface area contributed by atoms with Crippen molar-refractivity contribution in [2.45, 2.75) is 39.7 Å². The van der Waals surface area contributed by atoms with Crippen molar-refractivity contribution in [1.29, 1.82) is 0 Å². The summed E-state index contributed by atoms with van der Waals surface area (Å²) in [6.45, 7) is 6.04. The van der Waals surface area contributed by atoms with Gasteiger partial charge in [0.25, 0.3) is 0 Å². The van der Waals surface area contributed by atoms with Gasteiger partial charge in [-0.3, -0.25) is 4.79 Å². The lowest BCUT2D eigenvalue weighted by atomic mass is 10.2. The largest absolute Gasteiger partial charge is 0.463 e. The maximum atomic E-state index is 11.8. The normalized spacial score (nSPS) is 12.4. The molecule has 1 N–H and O–H groups in total. The van der Waals surface area contributed by atoms with Crippen molar-refractivity contribution in [1.82, 2.24) is 10.3 Å². The molecule has 0 bridgehead atoms. The first kappa shape index (κ1) is 13.8. The molecule has 19 heavy (non-hydrogen) atoms. The molecule has 0 aromatic carbocycles. The number of aryl methyl sites for hydroxylation is 1. The number of hydrogen-bond acceptors (Lipinski definition) is 4. The fourth-order valence-electron chi connectivity index (χ4n) is 1.73. The second kappa shape index (κ2) is 6.02. The molecule has 0 aliphatic rings. The third-order valence-electron chi connectivity index (χ3n) is 2.93. The summed E-state index contributed by atoms with van der Waals surface area (Å²) < 4.78 is 5.34. The lowest BCUT2D eigenvalue weighted by Crippen LogP contribution is -2.33. The van der Waals surface area contributed by atoms with Crippen LogP contribution in [-0.2, 0) is 11.2 Å². The molecule has 0 saturated carbocycles. The van der Waals surface area contributed by atoms with Crippen LogP contribution in [0.1, 0.15) is 30.2 Å². The molecular weight excluding hydrogens is 260 g/mol. The lowest BCUT2D eigenvalue weighted by molar-refractivity contribution is -0.121. The van der Waals surface area contributed by atoms with Gasteiger partial charge in [-0.1, -0.05) is 6.92 Å². The molecule has 0 aliphatic heterocycles. The van der Waals surface area contributed by atoms with E-state index in [0.29, 0.717) is 6.42 Å². The van der Waals surface area contributed by atoms with Crippen LogP contribution in [0, 0.1) is 6.92 Å². The Balaban J connectivity index is 2.07. The molecule has 2 heterocycles. The number of hydrogen-bond donors (Lipinski definition) is 1. The zero-order chi connectivity index (χ0) is 13.8. The Morgan fingerprint density at radius 3 is 3.00 bits per heavy atom. The zero-order valence-electron chi connectivity index (χ0n) is 11.4. The molecular formula is C14H18N2O2S. The highest BCUT2D eigenvalue weighted by atomic mass is 32.1. The number of carbonyl (C=O) groups excluding carboxylic acids is 1. The van der Waals surface area contributed by atoms with Gasteiger partial charge < -0.3 is 9.73 Å². The number of nitrogens with zero attached hydrogens (tertiary/aromatic N) is 1. The van der Waals surface area contributed by atoms with Crippen molar-refractivity contribution in [3.8, 4) is 11.5 Å². The van der Waals surface area contributed by atoms with Gasteiger partial charge >= 0.3 is 0 Å². The highest BCUT2D eigenvalue weighted by molar-refractivity contribution is 7.12. The van der Waals surface area contributed by atoms with E-state index in [2.05, 4.69) is 10.3 Å². The summed E-state index contributed by atoms with van der Waals surface area (Å²) in [6, 6.07) is 3.92. The maximum Gasteiger partial charge on any atom is 0.227 e. The molecule has 1 unspecified atom stereocenters. The van der Waals surface area contributed by atoms with Crippen molar-refractivity contribution < 1.29 is 9.21 Å². The van der Waals surface area contributed by atoms with Crippen LogP contribution in [0.4, 0.5) is 0 Å². The Bertz CT molecular complexity index is 546. The predicted molar refractivity (Wildman–Crippen MR) is 76.2 cm³/mol. The van der Waals surface area contributed by atoms with Gasteiger partial charge in [-0.25, -0.2) is 4.98 Å². The Kier molecular flexibility index (Phi) is 4.37. The van der Waals surface area contributed by atoms with Gasteiger partial charge in [0.15, 0.2) is 5.76 Å². The molecule has 5 heteroatoms. The van der Waals surface area contributed by atoms with Gasteiger partial charge in [0.05, 0.1) is 12.7 Å². The highest BCUT2D eigenvalue weighted by Gasteiger charge is 2.15. The zero-order valence-corrected chi connectivity index (χ0v) is 12.2. The van der Waals surface area contributed by atoms with Crippen molar-refractivity contribution >= 4 is 17.2 Å². The first-order valence-corrected chi connectivity index (χ1v) is 7.21. The Hall–Kier alpha value is -1.62. The number of aromatic nitrogens is 1. The summed E-state index contributed by atoms with van der Waals surface area (Å²) in [7, 11) is 0. The predicted octanol–water partition coefficient (Wildman–Crippen LogP) is 3.17. The van der Waals surface area contributed by atoms with Gasteiger partial charge in [-0.15, -0.1) is 11.3 Å². The smallest absolute Gasteiger partial charge is 0.227 e. The van der Waals surface area contributed by atoms with E-state index in [0.717, 1.165) is 27.8 Å². The molecule has 2 rings (SSSR count). The second-order valence-corrected chi connectivity index (χ2v) is 5.83. The maximum absolute atomic E-state index is 11.8. The van der Waals surface area contributed by atoms with Crippen LogP contribution in [0.15, 0.2) is 22.8 Å². The molecule has 2 aromatic heterocycles. The van der Waals surface area contributed by atoms with E-state index in [1.807, 2.05) is 32.9 Å². The van der Waals surface area contributed by atoms with Gasteiger partial charge in [-0.2, -0.15) is 0 Å². The minimum absolute atomic E-state index is 0.0223. The summed E-state index contributed by atoms with van der Waals surface area (Å²) in [4.78, 5) is 17.4. The number of rotatable bonds is 5. The number of nitrogens with one attached hydrogen (secondary N) is 1. The van der Waals surface area contributed by atoms with E-state index >= 15 is 0 Å². The first-order valence-electron chi connectivity index (χ1n) is 6.39. The van der Waals surface area contributed by atoms with E-state index in [-0.39, 0.29) is 11.9 Å². The number of carbonyl (C=O) groups is 1. The van der Waals surface area contributed by atoms with Crippen LogP contribution in [0.2, 0.25) is 0 Å². The van der Waals surface area contributed by atoms with Crippen molar-refractivity contribution in [3.63, 3.8) is 0 Å². The SMILES string of the molecule is CCC(C)NC(=O)Cc1nc(-c2ccco2)c(C)s1. The average Bonchev–Trinajstić information content (AvgIpc) is 2.98. The van der Waals surface area contributed by atoms with E-state index in [1.165, 1.54) is 0 Å². The van der Waals surface area contributed by atoms with Crippen LogP contribution < -0.4 is 5.32 Å². The molecule has 0 fully saturated rings. The number of amides is 1. The topological polar surface area (TPSA) is 55.1 Å². The van der Waals surface area contributed by atoms with E-state index < -0.39 is 0 Å². The Morgan fingerprint density at radius 1 is 1.58 bits per heavy atom. The summed E-state index contributed by atoms with van der Waals surface area (Å²) >= 11 is 1.54. The molecule has 1 amide bonds. The number of furan rings is 1. The second-order valence-electron chi connectivity index (χ2n) is 4.54. The lowest BCUT2D eigenvalue weighted by Gasteiger charge is -2.09. The van der Waals surface area contributed by atoms with Crippen molar-refractivity contribution in [3.05, 3.63) is 28.3 Å². The molecule has 4 nitrogen and oxygen atoms in total. The third kappa shape index (κ3) is 3.44. The molecule has 0 spiro atoms. The van der Waals surface area contributed by atoms with Crippen LogP contribution >= 0.6 is 11.3 Å². The van der Waals surface area contributed by atoms with E-state index in [1.54, 1.807) is 17.6 Å². The van der Waals surface area contributed by atoms with Crippen molar-refractivity contribution in [2.75, 3.05) is 0 Å². The minimum Gasteiger partial charge on any atom is -0.463 e. The minimum atomic E-state index is 0.0223. The Labute approximate surface area is 116 Å². The van der Waals surface area contributed by atoms with Gasteiger partial charge in [0.2, 0.25) is 5.91 Å². The van der Waals surface area contributed by atoms with Crippen LogP contribution in [-0.4, -0.2) is 16.9 Å². The summed E-state index contributed by atoms with van der Waals surface area (Å²) in [5.41, 5.74) is 0.835. The van der Waals surface area contributed by atoms with Gasteiger partial charge in [0, 0.05) is 10.9 Å². The summed E-state index contributed by atoms with van der Waals surface area (Å²) in [6.07, 6.45) is 2.89. The third-order valence-corrected chi connectivity index (χ3v) is 3.90. The monoisotopic (exact) mass is 278 g/mol. The molecule has 1 atom stereocenters. The van der Waals surface area contributed by atoms with E-state index in [4.69, 9.17) is 4.42 Å². The summed E-state index contributed by atoms with van der Waals surface area (Å²) in [5, 5.41) is 3.77. The van der Waals surface area contributed by atoms with Gasteiger partial charge in [-0.05, 0) is 32.4 Å². The molecule has 0 radical (unpaired) electrons. The average molecular weight is 278 g/mol. The fourth-order valence-corrected chi connectivity index (χ4v) is 2.67. The number of thiazole rings is 1. The Morgan fingerprint density at radius 2 is 2.37 bits per heavy atom. The molecule has 102 valence electrons. The molecule has 2 aromatic rings.